The summed E-state index contributed by atoms with van der Waals surface area (Å²) < 4.78 is 23.7. The molecule has 0 atom stereocenters. The van der Waals surface area contributed by atoms with Gasteiger partial charge in [0.05, 0.1) is 25.5 Å². The summed E-state index contributed by atoms with van der Waals surface area (Å²) in [5, 5.41) is 0. The van der Waals surface area contributed by atoms with E-state index < -0.39 is 0 Å². The molecule has 0 aliphatic rings. The van der Waals surface area contributed by atoms with E-state index in [1.807, 2.05) is 127 Å². The fraction of sp³-hybridized carbons (Fsp3) is 0.0588. The van der Waals surface area contributed by atoms with Crippen molar-refractivity contribution in [3.63, 3.8) is 0 Å². The van der Waals surface area contributed by atoms with E-state index in [-0.39, 0.29) is 0 Å². The van der Waals surface area contributed by atoms with Crippen LogP contribution in [0.15, 0.2) is 132 Å². The molecule has 0 fully saturated rings. The van der Waals surface area contributed by atoms with Gasteiger partial charge in [0.2, 0.25) is 0 Å². The molecular weight excluding hydrogens is 486 g/mol. The van der Waals surface area contributed by atoms with Crippen LogP contribution < -0.4 is 18.9 Å². The predicted octanol–water partition coefficient (Wildman–Crippen LogP) is 8.72. The molecule has 0 radical (unpaired) electrons. The standard InChI is InChI=1S/C34H27NO4/c1-36-33-22-28(38-26-14-8-4-9-15-26)18-20-30(33)32(24-35-25-12-6-3-7-13-25)31-21-19-29(23-34(31)37-2)39-27-16-10-5-11-17-27/h3-23H,1-2H3. The van der Waals surface area contributed by atoms with E-state index in [2.05, 4.69) is 10.9 Å². The molecule has 39 heavy (non-hydrogen) atoms. The number of ether oxygens (including phenoxy) is 4. The molecule has 0 aliphatic heterocycles. The first kappa shape index (κ1) is 25.4. The van der Waals surface area contributed by atoms with E-state index in [0.29, 0.717) is 28.6 Å². The Morgan fingerprint density at radius 3 is 1.38 bits per heavy atom. The fourth-order valence-electron chi connectivity index (χ4n) is 4.02. The molecule has 0 amide bonds. The van der Waals surface area contributed by atoms with Gasteiger partial charge >= 0.3 is 0 Å². The minimum atomic E-state index is 0.612. The van der Waals surface area contributed by atoms with Crippen molar-refractivity contribution in [3.8, 4) is 34.5 Å². The Bertz CT molecular complexity index is 1500. The number of methoxy groups -OCH3 is 2. The Labute approximate surface area is 228 Å². The second-order valence-electron chi connectivity index (χ2n) is 8.49. The zero-order valence-electron chi connectivity index (χ0n) is 21.7. The van der Waals surface area contributed by atoms with Crippen LogP contribution in [0.1, 0.15) is 11.1 Å². The van der Waals surface area contributed by atoms with Crippen molar-refractivity contribution >= 4 is 17.1 Å². The first-order valence-electron chi connectivity index (χ1n) is 12.4. The largest absolute Gasteiger partial charge is 0.496 e. The van der Waals surface area contributed by atoms with Gasteiger partial charge in [-0.15, -0.1) is 0 Å². The summed E-state index contributed by atoms with van der Waals surface area (Å²) in [5.41, 5.74) is 3.05. The van der Waals surface area contributed by atoms with Crippen LogP contribution in [0, 0.1) is 0 Å². The van der Waals surface area contributed by atoms with E-state index >= 15 is 0 Å². The second kappa shape index (κ2) is 12.3. The lowest BCUT2D eigenvalue weighted by Gasteiger charge is -2.16. The first-order chi connectivity index (χ1) is 19.2. The van der Waals surface area contributed by atoms with Gasteiger partial charge in [0.25, 0.3) is 0 Å². The van der Waals surface area contributed by atoms with Crippen LogP contribution in [0.25, 0.3) is 5.57 Å². The third-order valence-corrected chi connectivity index (χ3v) is 5.90. The summed E-state index contributed by atoms with van der Waals surface area (Å²) in [6.07, 6.45) is 0. The maximum absolute atomic E-state index is 6.03. The van der Waals surface area contributed by atoms with E-state index in [0.717, 1.165) is 28.3 Å². The number of aliphatic imine (C=N–C) groups is 1. The SMILES string of the molecule is COc1cc(Oc2ccccc2)ccc1C(=C=Nc1ccccc1)c1ccc(Oc2ccccc2)cc1OC. The normalized spacial score (nSPS) is 10.2. The highest BCUT2D eigenvalue weighted by molar-refractivity contribution is 6.02. The molecule has 0 saturated carbocycles. The van der Waals surface area contributed by atoms with E-state index in [1.165, 1.54) is 0 Å². The lowest BCUT2D eigenvalue weighted by atomic mass is 9.97. The maximum Gasteiger partial charge on any atom is 0.131 e. The highest BCUT2D eigenvalue weighted by Crippen LogP contribution is 2.39. The molecule has 0 saturated heterocycles. The summed E-state index contributed by atoms with van der Waals surface area (Å²) >= 11 is 0. The van der Waals surface area contributed by atoms with Crippen LogP contribution in [0.4, 0.5) is 5.69 Å². The molecule has 0 heterocycles. The fourth-order valence-corrected chi connectivity index (χ4v) is 4.02. The molecule has 5 nitrogen and oxygen atoms in total. The van der Waals surface area contributed by atoms with Crippen molar-refractivity contribution in [1.82, 2.24) is 0 Å². The Morgan fingerprint density at radius 2 is 0.949 bits per heavy atom. The Kier molecular flexibility index (Phi) is 8.03. The van der Waals surface area contributed by atoms with Crippen molar-refractivity contribution in [3.05, 3.63) is 139 Å². The molecule has 0 aromatic heterocycles. The van der Waals surface area contributed by atoms with Crippen LogP contribution in [0.5, 0.6) is 34.5 Å². The highest BCUT2D eigenvalue weighted by Gasteiger charge is 2.18. The van der Waals surface area contributed by atoms with E-state index in [1.54, 1.807) is 14.2 Å². The smallest absolute Gasteiger partial charge is 0.131 e. The Balaban J connectivity index is 1.59. The van der Waals surface area contributed by atoms with Crippen LogP contribution in [0.3, 0.4) is 0 Å². The third kappa shape index (κ3) is 6.37. The average molecular weight is 514 g/mol. The molecule has 192 valence electrons. The van der Waals surface area contributed by atoms with Crippen molar-refractivity contribution in [2.24, 2.45) is 4.99 Å². The monoisotopic (exact) mass is 513 g/mol. The van der Waals surface area contributed by atoms with Crippen molar-refractivity contribution < 1.29 is 18.9 Å². The average Bonchev–Trinajstić information content (AvgIpc) is 2.99. The minimum Gasteiger partial charge on any atom is -0.496 e. The van der Waals surface area contributed by atoms with Gasteiger partial charge in [-0.1, -0.05) is 54.6 Å². The van der Waals surface area contributed by atoms with Gasteiger partial charge in [0, 0.05) is 23.3 Å². The first-order valence-corrected chi connectivity index (χ1v) is 12.4. The van der Waals surface area contributed by atoms with Crippen molar-refractivity contribution in [1.29, 1.82) is 0 Å². The number of benzene rings is 5. The molecule has 5 aromatic rings. The zero-order valence-corrected chi connectivity index (χ0v) is 21.7. The topological polar surface area (TPSA) is 49.3 Å². The van der Waals surface area contributed by atoms with Gasteiger partial charge in [-0.05, 0) is 66.5 Å². The summed E-state index contributed by atoms with van der Waals surface area (Å²) in [5.74, 6) is 7.27. The Morgan fingerprint density at radius 1 is 0.513 bits per heavy atom. The van der Waals surface area contributed by atoms with Crippen LogP contribution in [-0.2, 0) is 0 Å². The van der Waals surface area contributed by atoms with E-state index in [4.69, 9.17) is 18.9 Å². The van der Waals surface area contributed by atoms with E-state index in [9.17, 15) is 0 Å². The molecule has 5 heteroatoms. The maximum atomic E-state index is 6.03. The summed E-state index contributed by atoms with van der Waals surface area (Å²) in [6.45, 7) is 0. The van der Waals surface area contributed by atoms with Gasteiger partial charge in [0.15, 0.2) is 0 Å². The molecule has 0 N–H and O–H groups in total. The number of para-hydroxylation sites is 3. The summed E-state index contributed by atoms with van der Waals surface area (Å²) in [6, 6.07) is 40.3. The van der Waals surface area contributed by atoms with Crippen molar-refractivity contribution in [2.45, 2.75) is 0 Å². The molecule has 0 bridgehead atoms. The number of rotatable bonds is 9. The second-order valence-corrected chi connectivity index (χ2v) is 8.49. The minimum absolute atomic E-state index is 0.612. The number of hydrogen-bond acceptors (Lipinski definition) is 5. The molecule has 0 spiro atoms. The lowest BCUT2D eigenvalue weighted by Crippen LogP contribution is -1.98. The predicted molar refractivity (Wildman–Crippen MR) is 155 cm³/mol. The molecule has 0 aliphatic carbocycles. The van der Waals surface area contributed by atoms with Crippen LogP contribution in [0.2, 0.25) is 0 Å². The van der Waals surface area contributed by atoms with Gasteiger partial charge in [-0.25, -0.2) is 4.99 Å². The van der Waals surface area contributed by atoms with Crippen molar-refractivity contribution in [2.75, 3.05) is 14.2 Å². The van der Waals surface area contributed by atoms with Gasteiger partial charge in [0.1, 0.15) is 34.5 Å². The molecule has 0 unspecified atom stereocenters. The third-order valence-electron chi connectivity index (χ3n) is 5.90. The van der Waals surface area contributed by atoms with Gasteiger partial charge in [-0.2, -0.15) is 0 Å². The molecular formula is C34H27NO4. The van der Waals surface area contributed by atoms with Gasteiger partial charge in [-0.3, -0.25) is 0 Å². The van der Waals surface area contributed by atoms with Gasteiger partial charge < -0.3 is 18.9 Å². The van der Waals surface area contributed by atoms with Crippen LogP contribution in [-0.4, -0.2) is 20.1 Å². The zero-order chi connectivity index (χ0) is 26.9. The quantitative estimate of drug-likeness (QED) is 0.185. The lowest BCUT2D eigenvalue weighted by molar-refractivity contribution is 0.406. The number of hydrogen-bond donors (Lipinski definition) is 0. The summed E-state index contributed by atoms with van der Waals surface area (Å²) in [4.78, 5) is 4.63. The molecule has 5 aromatic carbocycles. The number of nitrogens with zero attached hydrogens (tertiary/aromatic N) is 1. The van der Waals surface area contributed by atoms with Crippen LogP contribution >= 0.6 is 0 Å². The molecule has 5 rings (SSSR count). The Hall–Kier alpha value is -5.25. The summed E-state index contributed by atoms with van der Waals surface area (Å²) in [7, 11) is 3.26. The highest BCUT2D eigenvalue weighted by atomic mass is 16.5.